The number of allylic oxidation sites excluding steroid dienone is 4. The van der Waals surface area contributed by atoms with Gasteiger partial charge in [-0.3, -0.25) is 9.59 Å². The lowest BCUT2D eigenvalue weighted by atomic mass is 9.65. The molecule has 2 aromatic carbocycles. The minimum Gasteiger partial charge on any atom is -0.493 e. The highest BCUT2D eigenvalue weighted by Crippen LogP contribution is 2.53. The van der Waals surface area contributed by atoms with Gasteiger partial charge in [0.15, 0.2) is 23.1 Å². The summed E-state index contributed by atoms with van der Waals surface area (Å²) in [4.78, 5) is 39.8. The summed E-state index contributed by atoms with van der Waals surface area (Å²) in [6, 6.07) is 11.8. The van der Waals surface area contributed by atoms with Crippen molar-refractivity contribution in [1.29, 1.82) is 0 Å². The van der Waals surface area contributed by atoms with Gasteiger partial charge in [0, 0.05) is 42.7 Å². The van der Waals surface area contributed by atoms with E-state index in [4.69, 9.17) is 25.8 Å². The zero-order valence-corrected chi connectivity index (χ0v) is 23.0. The van der Waals surface area contributed by atoms with E-state index in [9.17, 15) is 14.4 Å². The summed E-state index contributed by atoms with van der Waals surface area (Å²) in [5.74, 6) is 0.606. The molecule has 0 amide bonds. The molecule has 1 heterocycles. The van der Waals surface area contributed by atoms with Crippen molar-refractivity contribution in [1.82, 2.24) is 0 Å². The number of methoxy groups -OCH3 is 1. The molecule has 38 heavy (non-hydrogen) atoms. The molecule has 0 saturated heterocycles. The number of rotatable bonds is 4. The Kier molecular flexibility index (Phi) is 6.50. The quantitative estimate of drug-likeness (QED) is 0.311. The predicted molar refractivity (Wildman–Crippen MR) is 143 cm³/mol. The molecule has 0 radical (unpaired) electrons. The normalized spacial score (nSPS) is 20.5. The van der Waals surface area contributed by atoms with Gasteiger partial charge in [0.1, 0.15) is 11.5 Å². The SMILES string of the molecule is COc1cc(C2C3=C(CC(C)(C)CC3=O)OC3=C2C(=O)CC(C)(C)C3)ccc1OC(=O)c1ccccc1Cl. The molecule has 3 aliphatic rings. The van der Waals surface area contributed by atoms with Crippen molar-refractivity contribution >= 4 is 29.1 Å². The summed E-state index contributed by atoms with van der Waals surface area (Å²) in [6.45, 7) is 8.21. The van der Waals surface area contributed by atoms with E-state index < -0.39 is 11.9 Å². The van der Waals surface area contributed by atoms with E-state index >= 15 is 0 Å². The molecule has 7 heteroatoms. The maximum atomic E-state index is 13.5. The molecule has 2 aliphatic carbocycles. The number of hydrogen-bond donors (Lipinski definition) is 0. The molecule has 0 fully saturated rings. The Hall–Kier alpha value is -3.38. The van der Waals surface area contributed by atoms with Crippen LogP contribution in [0.25, 0.3) is 0 Å². The van der Waals surface area contributed by atoms with Gasteiger partial charge in [0.25, 0.3) is 0 Å². The maximum Gasteiger partial charge on any atom is 0.345 e. The third-order valence-electron chi connectivity index (χ3n) is 7.40. The Morgan fingerprint density at radius 2 is 1.45 bits per heavy atom. The number of halogens is 1. The number of ether oxygens (including phenoxy) is 3. The average Bonchev–Trinajstić information content (AvgIpc) is 2.81. The van der Waals surface area contributed by atoms with Gasteiger partial charge in [-0.2, -0.15) is 0 Å². The summed E-state index contributed by atoms with van der Waals surface area (Å²) < 4.78 is 17.6. The van der Waals surface area contributed by atoms with Gasteiger partial charge in [0.05, 0.1) is 17.7 Å². The zero-order chi connectivity index (χ0) is 27.4. The lowest BCUT2D eigenvalue weighted by Crippen LogP contribution is -2.37. The topological polar surface area (TPSA) is 78.9 Å². The van der Waals surface area contributed by atoms with Gasteiger partial charge in [-0.25, -0.2) is 4.79 Å². The van der Waals surface area contributed by atoms with Gasteiger partial charge in [-0.1, -0.05) is 57.5 Å². The number of esters is 1. The third kappa shape index (κ3) is 4.78. The second-order valence-electron chi connectivity index (χ2n) is 11.9. The van der Waals surface area contributed by atoms with Crippen molar-refractivity contribution < 1.29 is 28.6 Å². The van der Waals surface area contributed by atoms with Crippen LogP contribution in [0.5, 0.6) is 11.5 Å². The summed E-state index contributed by atoms with van der Waals surface area (Å²) in [5.41, 5.74) is 1.56. The van der Waals surface area contributed by atoms with E-state index in [1.54, 1.807) is 42.5 Å². The summed E-state index contributed by atoms with van der Waals surface area (Å²) in [7, 11) is 1.48. The van der Waals surface area contributed by atoms with E-state index in [0.29, 0.717) is 59.7 Å². The van der Waals surface area contributed by atoms with Gasteiger partial charge < -0.3 is 14.2 Å². The first kappa shape index (κ1) is 26.2. The van der Waals surface area contributed by atoms with Gasteiger partial charge in [0.2, 0.25) is 0 Å². The van der Waals surface area contributed by atoms with Crippen LogP contribution in [-0.4, -0.2) is 24.6 Å². The van der Waals surface area contributed by atoms with Crippen LogP contribution in [-0.2, 0) is 14.3 Å². The Bertz CT molecular complexity index is 1380. The summed E-state index contributed by atoms with van der Waals surface area (Å²) >= 11 is 6.17. The lowest BCUT2D eigenvalue weighted by Gasteiger charge is -2.42. The molecule has 0 saturated carbocycles. The molecule has 0 bridgehead atoms. The van der Waals surface area contributed by atoms with E-state index in [-0.39, 0.29) is 38.7 Å². The van der Waals surface area contributed by atoms with E-state index in [2.05, 4.69) is 27.7 Å². The molecule has 6 nitrogen and oxygen atoms in total. The van der Waals surface area contributed by atoms with Crippen LogP contribution < -0.4 is 9.47 Å². The minimum absolute atomic E-state index is 0.0152. The van der Waals surface area contributed by atoms with Crippen LogP contribution in [0.15, 0.2) is 65.1 Å². The molecule has 0 atom stereocenters. The first-order chi connectivity index (χ1) is 17.9. The van der Waals surface area contributed by atoms with Crippen molar-refractivity contribution in [2.75, 3.05) is 7.11 Å². The highest BCUT2D eigenvalue weighted by atomic mass is 35.5. The zero-order valence-electron chi connectivity index (χ0n) is 22.3. The molecular weight excluding hydrogens is 504 g/mol. The molecule has 0 N–H and O–H groups in total. The van der Waals surface area contributed by atoms with Crippen LogP contribution in [0, 0.1) is 10.8 Å². The number of benzene rings is 2. The molecule has 0 unspecified atom stereocenters. The highest BCUT2D eigenvalue weighted by Gasteiger charge is 2.48. The van der Waals surface area contributed by atoms with Crippen LogP contribution in [0.3, 0.4) is 0 Å². The van der Waals surface area contributed by atoms with E-state index in [1.807, 2.05) is 0 Å². The first-order valence-corrected chi connectivity index (χ1v) is 13.1. The fourth-order valence-electron chi connectivity index (χ4n) is 5.74. The Labute approximate surface area is 227 Å². The van der Waals surface area contributed by atoms with E-state index in [1.165, 1.54) is 7.11 Å². The fraction of sp³-hybridized carbons (Fsp3) is 0.387. The Morgan fingerprint density at radius 1 is 0.868 bits per heavy atom. The van der Waals surface area contributed by atoms with Crippen LogP contribution >= 0.6 is 11.6 Å². The van der Waals surface area contributed by atoms with Crippen molar-refractivity contribution in [3.63, 3.8) is 0 Å². The molecule has 198 valence electrons. The number of ketones is 2. The number of Topliss-reactive ketones (excluding diaryl/α,β-unsaturated/α-hetero) is 2. The molecule has 5 rings (SSSR count). The van der Waals surface area contributed by atoms with Crippen molar-refractivity contribution in [2.45, 2.75) is 59.3 Å². The molecule has 0 spiro atoms. The second kappa shape index (κ2) is 9.42. The fourth-order valence-corrected chi connectivity index (χ4v) is 5.95. The number of carbonyl (C=O) groups excluding carboxylic acids is 3. The highest BCUT2D eigenvalue weighted by molar-refractivity contribution is 6.33. The Morgan fingerprint density at radius 3 is 2.00 bits per heavy atom. The molecule has 2 aromatic rings. The monoisotopic (exact) mass is 534 g/mol. The molecule has 1 aliphatic heterocycles. The second-order valence-corrected chi connectivity index (χ2v) is 12.3. The standard InChI is InChI=1S/C31H31ClO6/c1-30(2)13-20(33)27-24(15-30)37-25-16-31(3,4)14-21(34)28(25)26(27)17-10-11-22(23(12-17)36-5)38-29(35)18-8-6-7-9-19(18)32/h6-12,26H,13-16H2,1-5H3. The van der Waals surface area contributed by atoms with Gasteiger partial charge in [-0.05, 0) is 40.7 Å². The first-order valence-electron chi connectivity index (χ1n) is 12.7. The van der Waals surface area contributed by atoms with Gasteiger partial charge in [-0.15, -0.1) is 0 Å². The smallest absolute Gasteiger partial charge is 0.345 e. The minimum atomic E-state index is -0.614. The third-order valence-corrected chi connectivity index (χ3v) is 7.73. The number of carbonyl (C=O) groups is 3. The largest absolute Gasteiger partial charge is 0.493 e. The van der Waals surface area contributed by atoms with Gasteiger partial charge >= 0.3 is 5.97 Å². The van der Waals surface area contributed by atoms with Crippen molar-refractivity contribution in [3.05, 3.63) is 81.3 Å². The van der Waals surface area contributed by atoms with Crippen LogP contribution in [0.2, 0.25) is 5.02 Å². The summed E-state index contributed by atoms with van der Waals surface area (Å²) in [5, 5.41) is 0.284. The van der Waals surface area contributed by atoms with Crippen LogP contribution in [0.4, 0.5) is 0 Å². The van der Waals surface area contributed by atoms with Crippen LogP contribution in [0.1, 0.15) is 75.2 Å². The average molecular weight is 535 g/mol. The van der Waals surface area contributed by atoms with Crippen molar-refractivity contribution in [2.24, 2.45) is 10.8 Å². The summed E-state index contributed by atoms with van der Waals surface area (Å²) in [6.07, 6.45) is 1.97. The molecular formula is C31H31ClO6. The predicted octanol–water partition coefficient (Wildman–Crippen LogP) is 6.97. The lowest BCUT2D eigenvalue weighted by molar-refractivity contribution is -0.120. The molecule has 0 aromatic heterocycles. The van der Waals surface area contributed by atoms with E-state index in [0.717, 1.165) is 0 Å². The van der Waals surface area contributed by atoms with Crippen molar-refractivity contribution in [3.8, 4) is 11.5 Å². The number of hydrogen-bond acceptors (Lipinski definition) is 6. The maximum absolute atomic E-state index is 13.5. The Balaban J connectivity index is 1.59.